The molecule has 174 valence electrons. The minimum absolute atomic E-state index is 0.156. The van der Waals surface area contributed by atoms with Crippen LogP contribution in [-0.2, 0) is 24.8 Å². The molecule has 2 amide bonds. The number of amides is 2. The second-order valence-corrected chi connectivity index (χ2v) is 7.92. The third kappa shape index (κ3) is 4.88. The maximum atomic E-state index is 13.5. The SMILES string of the molecule is COc1cccc(CC(=O)Nc2cn(C)c3c(C(=O)NCc4ccc(F)c(C)c4)ncnc23)c1. The van der Waals surface area contributed by atoms with E-state index in [2.05, 4.69) is 20.6 Å². The Morgan fingerprint density at radius 1 is 1.12 bits per heavy atom. The third-order valence-corrected chi connectivity index (χ3v) is 5.42. The summed E-state index contributed by atoms with van der Waals surface area (Å²) in [5, 5.41) is 5.68. The predicted molar refractivity (Wildman–Crippen MR) is 126 cm³/mol. The van der Waals surface area contributed by atoms with Gasteiger partial charge in [-0.1, -0.05) is 24.3 Å². The van der Waals surface area contributed by atoms with Crippen LogP contribution in [0.1, 0.15) is 27.2 Å². The van der Waals surface area contributed by atoms with Crippen molar-refractivity contribution in [2.75, 3.05) is 12.4 Å². The zero-order valence-electron chi connectivity index (χ0n) is 19.1. The molecule has 2 N–H and O–H groups in total. The fraction of sp³-hybridized carbons (Fsp3) is 0.200. The van der Waals surface area contributed by atoms with Crippen molar-refractivity contribution in [3.8, 4) is 5.75 Å². The van der Waals surface area contributed by atoms with Gasteiger partial charge in [0.15, 0.2) is 5.69 Å². The molecular weight excluding hydrogens is 437 g/mol. The fourth-order valence-corrected chi connectivity index (χ4v) is 3.73. The summed E-state index contributed by atoms with van der Waals surface area (Å²) < 4.78 is 20.4. The van der Waals surface area contributed by atoms with Gasteiger partial charge in [0, 0.05) is 19.8 Å². The van der Waals surface area contributed by atoms with E-state index in [0.717, 1.165) is 11.1 Å². The van der Waals surface area contributed by atoms with Crippen molar-refractivity contribution in [2.45, 2.75) is 19.9 Å². The number of methoxy groups -OCH3 is 1. The van der Waals surface area contributed by atoms with Gasteiger partial charge in [-0.15, -0.1) is 0 Å². The average Bonchev–Trinajstić information content (AvgIpc) is 3.14. The highest BCUT2D eigenvalue weighted by Gasteiger charge is 2.19. The molecule has 4 aromatic rings. The third-order valence-electron chi connectivity index (χ3n) is 5.42. The Morgan fingerprint density at radius 3 is 2.71 bits per heavy atom. The van der Waals surface area contributed by atoms with E-state index in [-0.39, 0.29) is 30.4 Å². The molecule has 0 saturated heterocycles. The van der Waals surface area contributed by atoms with Crippen LogP contribution < -0.4 is 15.4 Å². The van der Waals surface area contributed by atoms with E-state index >= 15 is 0 Å². The first kappa shape index (κ1) is 22.9. The molecule has 0 aliphatic rings. The Balaban J connectivity index is 1.51. The van der Waals surface area contributed by atoms with Gasteiger partial charge in [0.2, 0.25) is 5.91 Å². The van der Waals surface area contributed by atoms with Crippen LogP contribution in [0.25, 0.3) is 11.0 Å². The highest BCUT2D eigenvalue weighted by molar-refractivity contribution is 6.08. The van der Waals surface area contributed by atoms with Gasteiger partial charge in [0.05, 0.1) is 19.2 Å². The van der Waals surface area contributed by atoms with E-state index in [0.29, 0.717) is 28.0 Å². The van der Waals surface area contributed by atoms with Gasteiger partial charge in [-0.05, 0) is 41.8 Å². The van der Waals surface area contributed by atoms with Crippen molar-refractivity contribution in [2.24, 2.45) is 7.05 Å². The van der Waals surface area contributed by atoms with Gasteiger partial charge in [-0.2, -0.15) is 0 Å². The Bertz CT molecular complexity index is 1380. The minimum atomic E-state index is -0.398. The number of benzene rings is 2. The van der Waals surface area contributed by atoms with Crippen LogP contribution in [0.2, 0.25) is 0 Å². The van der Waals surface area contributed by atoms with E-state index in [1.54, 1.807) is 50.0 Å². The normalized spacial score (nSPS) is 10.8. The molecule has 8 nitrogen and oxygen atoms in total. The molecular formula is C25H24FN5O3. The van der Waals surface area contributed by atoms with E-state index in [1.165, 1.54) is 12.4 Å². The summed E-state index contributed by atoms with van der Waals surface area (Å²) >= 11 is 0. The second-order valence-electron chi connectivity index (χ2n) is 7.92. The highest BCUT2D eigenvalue weighted by Crippen LogP contribution is 2.25. The van der Waals surface area contributed by atoms with Crippen LogP contribution >= 0.6 is 0 Å². The molecule has 0 radical (unpaired) electrons. The molecule has 34 heavy (non-hydrogen) atoms. The van der Waals surface area contributed by atoms with Gasteiger partial charge in [-0.3, -0.25) is 9.59 Å². The number of ether oxygens (including phenoxy) is 1. The molecule has 0 spiro atoms. The maximum absolute atomic E-state index is 13.5. The first-order valence-corrected chi connectivity index (χ1v) is 10.6. The molecule has 0 unspecified atom stereocenters. The smallest absolute Gasteiger partial charge is 0.272 e. The molecule has 0 bridgehead atoms. The molecule has 0 aliphatic carbocycles. The summed E-state index contributed by atoms with van der Waals surface area (Å²) in [7, 11) is 3.33. The molecule has 4 rings (SSSR count). The summed E-state index contributed by atoms with van der Waals surface area (Å²) in [5.41, 5.74) is 3.70. The van der Waals surface area contributed by atoms with Crippen molar-refractivity contribution in [3.05, 3.63) is 83.2 Å². The first-order valence-electron chi connectivity index (χ1n) is 10.6. The molecule has 9 heteroatoms. The molecule has 2 heterocycles. The number of hydrogen-bond acceptors (Lipinski definition) is 5. The number of aromatic nitrogens is 3. The molecule has 2 aromatic heterocycles. The van der Waals surface area contributed by atoms with Gasteiger partial charge < -0.3 is 19.9 Å². The number of carbonyl (C=O) groups excluding carboxylic acids is 2. The quantitative estimate of drug-likeness (QED) is 0.439. The molecule has 0 saturated carbocycles. The summed E-state index contributed by atoms with van der Waals surface area (Å²) in [4.78, 5) is 34.0. The number of rotatable bonds is 7. The lowest BCUT2D eigenvalue weighted by molar-refractivity contribution is -0.115. The molecule has 0 aliphatic heterocycles. The Labute approximate surface area is 195 Å². The average molecular weight is 461 g/mol. The highest BCUT2D eigenvalue weighted by atomic mass is 19.1. The summed E-state index contributed by atoms with van der Waals surface area (Å²) in [6.45, 7) is 1.89. The molecule has 0 atom stereocenters. The Morgan fingerprint density at radius 2 is 1.94 bits per heavy atom. The second kappa shape index (κ2) is 9.70. The first-order chi connectivity index (χ1) is 16.4. The minimum Gasteiger partial charge on any atom is -0.497 e. The standard InChI is InChI=1S/C25H24FN5O3/c1-15-9-17(7-8-19(15)26)12-27-25(33)23-24-22(28-14-29-23)20(13-31(24)2)30-21(32)11-16-5-4-6-18(10-16)34-3/h4-10,13-14H,11-12H2,1-3H3,(H,27,33)(H,30,32). The number of halogens is 1. The van der Waals surface area contributed by atoms with Crippen LogP contribution in [0.3, 0.4) is 0 Å². The lowest BCUT2D eigenvalue weighted by Crippen LogP contribution is -2.24. The van der Waals surface area contributed by atoms with Crippen molar-refractivity contribution in [1.82, 2.24) is 19.9 Å². The number of fused-ring (bicyclic) bond motifs is 1. The maximum Gasteiger partial charge on any atom is 0.272 e. The summed E-state index contributed by atoms with van der Waals surface area (Å²) in [6.07, 6.45) is 3.14. The lowest BCUT2D eigenvalue weighted by Gasteiger charge is -2.08. The van der Waals surface area contributed by atoms with E-state index < -0.39 is 5.91 Å². The number of hydrogen-bond donors (Lipinski definition) is 2. The van der Waals surface area contributed by atoms with Gasteiger partial charge in [-0.25, -0.2) is 14.4 Å². The summed E-state index contributed by atoms with van der Waals surface area (Å²) in [6, 6.07) is 12.0. The number of aryl methyl sites for hydroxylation is 2. The van der Waals surface area contributed by atoms with Crippen LogP contribution in [0.15, 0.2) is 55.0 Å². The lowest BCUT2D eigenvalue weighted by atomic mass is 10.1. The fourth-order valence-electron chi connectivity index (χ4n) is 3.73. The topological polar surface area (TPSA) is 98.1 Å². The zero-order chi connectivity index (χ0) is 24.2. The van der Waals surface area contributed by atoms with E-state index in [9.17, 15) is 14.0 Å². The van der Waals surface area contributed by atoms with Crippen LogP contribution in [-0.4, -0.2) is 33.5 Å². The molecule has 0 fully saturated rings. The predicted octanol–water partition coefficient (Wildman–Crippen LogP) is 3.54. The number of carbonyl (C=O) groups is 2. The molecule has 2 aromatic carbocycles. The zero-order valence-corrected chi connectivity index (χ0v) is 19.1. The number of nitrogens with zero attached hydrogens (tertiary/aromatic N) is 3. The van der Waals surface area contributed by atoms with Gasteiger partial charge >= 0.3 is 0 Å². The monoisotopic (exact) mass is 461 g/mol. The largest absolute Gasteiger partial charge is 0.497 e. The van der Waals surface area contributed by atoms with Crippen LogP contribution in [0.5, 0.6) is 5.75 Å². The van der Waals surface area contributed by atoms with Crippen molar-refractivity contribution >= 4 is 28.5 Å². The van der Waals surface area contributed by atoms with Crippen molar-refractivity contribution in [3.63, 3.8) is 0 Å². The van der Waals surface area contributed by atoms with Crippen molar-refractivity contribution < 1.29 is 18.7 Å². The Hall–Kier alpha value is -4.27. The number of anilines is 1. The van der Waals surface area contributed by atoms with E-state index in [1.807, 2.05) is 18.2 Å². The van der Waals surface area contributed by atoms with Crippen LogP contribution in [0, 0.1) is 12.7 Å². The van der Waals surface area contributed by atoms with Gasteiger partial charge in [0.25, 0.3) is 5.91 Å². The van der Waals surface area contributed by atoms with Crippen molar-refractivity contribution in [1.29, 1.82) is 0 Å². The number of nitrogens with one attached hydrogen (secondary N) is 2. The Kier molecular flexibility index (Phi) is 6.53. The van der Waals surface area contributed by atoms with Gasteiger partial charge in [0.1, 0.15) is 28.9 Å². The van der Waals surface area contributed by atoms with E-state index in [4.69, 9.17) is 4.74 Å². The summed E-state index contributed by atoms with van der Waals surface area (Å²) in [5.74, 6) is -0.242. The van der Waals surface area contributed by atoms with Crippen LogP contribution in [0.4, 0.5) is 10.1 Å².